The summed E-state index contributed by atoms with van der Waals surface area (Å²) in [5, 5.41) is 11.2. The number of hydrogen-bond donors (Lipinski definition) is 1. The summed E-state index contributed by atoms with van der Waals surface area (Å²) in [6, 6.07) is 14.5. The maximum atomic E-state index is 13.2. The van der Waals surface area contributed by atoms with Gasteiger partial charge in [0.05, 0.1) is 32.9 Å². The topological polar surface area (TPSA) is 98.2 Å². The number of amides is 1. The van der Waals surface area contributed by atoms with Crippen LogP contribution in [0, 0.1) is 0 Å². The van der Waals surface area contributed by atoms with Crippen molar-refractivity contribution in [2.75, 3.05) is 21.3 Å². The normalized spacial score (nSPS) is 17.0. The summed E-state index contributed by atoms with van der Waals surface area (Å²) in [5.74, 6) is -0.303. The van der Waals surface area contributed by atoms with Crippen LogP contribution in [0.5, 0.6) is 17.2 Å². The van der Waals surface area contributed by atoms with Crippen LogP contribution in [0.3, 0.4) is 0 Å². The number of carbonyl (C=O) groups is 2. The van der Waals surface area contributed by atoms with Gasteiger partial charge in [-0.1, -0.05) is 18.2 Å². The molecule has 1 aliphatic rings. The molecule has 1 fully saturated rings. The average Bonchev–Trinajstić information content (AvgIpc) is 3.13. The molecule has 8 nitrogen and oxygen atoms in total. The molecule has 1 aliphatic heterocycles. The van der Waals surface area contributed by atoms with Crippen LogP contribution in [0.4, 0.5) is 0 Å². The third-order valence-electron chi connectivity index (χ3n) is 5.71. The number of methoxy groups -OCH3 is 3. The minimum atomic E-state index is -0.848. The molecule has 2 heterocycles. The fourth-order valence-corrected chi connectivity index (χ4v) is 4.02. The molecule has 4 rings (SSSR count). The van der Waals surface area contributed by atoms with Crippen LogP contribution in [0.15, 0.2) is 72.6 Å². The second kappa shape index (κ2) is 9.66. The lowest BCUT2D eigenvalue weighted by Gasteiger charge is -2.26. The Kier molecular flexibility index (Phi) is 6.49. The van der Waals surface area contributed by atoms with Crippen molar-refractivity contribution in [3.8, 4) is 17.2 Å². The Morgan fingerprint density at radius 1 is 0.941 bits per heavy atom. The summed E-state index contributed by atoms with van der Waals surface area (Å²) < 4.78 is 16.0. The van der Waals surface area contributed by atoms with E-state index in [1.807, 2.05) is 0 Å². The summed E-state index contributed by atoms with van der Waals surface area (Å²) in [5.41, 5.74) is 1.74. The highest BCUT2D eigenvalue weighted by molar-refractivity contribution is 6.46. The van der Waals surface area contributed by atoms with Crippen LogP contribution < -0.4 is 14.2 Å². The monoisotopic (exact) mass is 460 g/mol. The number of benzene rings is 2. The van der Waals surface area contributed by atoms with Gasteiger partial charge in [-0.3, -0.25) is 14.6 Å². The van der Waals surface area contributed by atoms with Gasteiger partial charge in [0, 0.05) is 24.5 Å². The third-order valence-corrected chi connectivity index (χ3v) is 5.71. The molecule has 1 saturated heterocycles. The molecule has 2 aromatic carbocycles. The number of aliphatic hydroxyl groups is 1. The van der Waals surface area contributed by atoms with Crippen LogP contribution >= 0.6 is 0 Å². The van der Waals surface area contributed by atoms with E-state index in [1.54, 1.807) is 67.0 Å². The van der Waals surface area contributed by atoms with Gasteiger partial charge >= 0.3 is 0 Å². The Balaban J connectivity index is 1.90. The highest BCUT2D eigenvalue weighted by Gasteiger charge is 2.46. The Labute approximate surface area is 197 Å². The van der Waals surface area contributed by atoms with Crippen molar-refractivity contribution in [1.29, 1.82) is 0 Å². The molecule has 1 unspecified atom stereocenters. The van der Waals surface area contributed by atoms with Gasteiger partial charge in [0.2, 0.25) is 0 Å². The number of Topliss-reactive ketones (excluding diaryl/α,β-unsaturated/α-hetero) is 1. The standard InChI is InChI=1S/C26H24N2O6/c1-32-19-6-4-5-18(13-19)24(29)22-23(17-7-8-20(33-2)21(14-17)34-3)28(26(31)25(22)30)15-16-9-11-27-12-10-16/h4-14,23,29H,15H2,1-3H3/b24-22+. The number of aromatic nitrogens is 1. The van der Waals surface area contributed by atoms with Gasteiger partial charge in [-0.15, -0.1) is 0 Å². The van der Waals surface area contributed by atoms with Crippen molar-refractivity contribution in [2.24, 2.45) is 0 Å². The van der Waals surface area contributed by atoms with E-state index in [1.165, 1.54) is 26.2 Å². The smallest absolute Gasteiger partial charge is 0.295 e. The molecule has 3 aromatic rings. The average molecular weight is 460 g/mol. The lowest BCUT2D eigenvalue weighted by atomic mass is 9.94. The molecule has 0 aliphatic carbocycles. The molecule has 1 aromatic heterocycles. The summed E-state index contributed by atoms with van der Waals surface area (Å²) in [7, 11) is 4.54. The van der Waals surface area contributed by atoms with Gasteiger partial charge in [0.1, 0.15) is 11.5 Å². The molecule has 0 spiro atoms. The summed E-state index contributed by atoms with van der Waals surface area (Å²) in [6.07, 6.45) is 3.24. The van der Waals surface area contributed by atoms with Crippen LogP contribution in [0.2, 0.25) is 0 Å². The van der Waals surface area contributed by atoms with Crippen molar-refractivity contribution < 1.29 is 28.9 Å². The molecular formula is C26H24N2O6. The van der Waals surface area contributed by atoms with Crippen LogP contribution in [-0.4, -0.2) is 48.0 Å². The predicted molar refractivity (Wildman–Crippen MR) is 125 cm³/mol. The van der Waals surface area contributed by atoms with E-state index < -0.39 is 17.7 Å². The zero-order chi connectivity index (χ0) is 24.2. The van der Waals surface area contributed by atoms with E-state index in [4.69, 9.17) is 14.2 Å². The van der Waals surface area contributed by atoms with Crippen molar-refractivity contribution in [2.45, 2.75) is 12.6 Å². The predicted octanol–water partition coefficient (Wildman–Crippen LogP) is 3.73. The molecule has 1 N–H and O–H groups in total. The molecule has 1 amide bonds. The summed E-state index contributed by atoms with van der Waals surface area (Å²) >= 11 is 0. The zero-order valence-electron chi connectivity index (χ0n) is 19.0. The SMILES string of the molecule is COc1cccc(/C(O)=C2\C(=O)C(=O)N(Cc3ccncc3)C2c2ccc(OC)c(OC)c2)c1. The highest BCUT2D eigenvalue weighted by Crippen LogP contribution is 2.42. The number of nitrogens with zero attached hydrogens (tertiary/aromatic N) is 2. The Morgan fingerprint density at radius 2 is 1.68 bits per heavy atom. The zero-order valence-corrected chi connectivity index (χ0v) is 19.0. The van der Waals surface area contributed by atoms with Gasteiger partial charge in [0.25, 0.3) is 11.7 Å². The van der Waals surface area contributed by atoms with Crippen LogP contribution in [-0.2, 0) is 16.1 Å². The Bertz CT molecular complexity index is 1260. The second-order valence-electron chi connectivity index (χ2n) is 7.63. The lowest BCUT2D eigenvalue weighted by molar-refractivity contribution is -0.140. The van der Waals surface area contributed by atoms with E-state index in [-0.39, 0.29) is 17.9 Å². The molecular weight excluding hydrogens is 436 g/mol. The third kappa shape index (κ3) is 4.17. The Morgan fingerprint density at radius 3 is 2.35 bits per heavy atom. The first-order chi connectivity index (χ1) is 16.5. The van der Waals surface area contributed by atoms with Gasteiger partial charge < -0.3 is 24.2 Å². The number of aliphatic hydroxyl groups excluding tert-OH is 1. The van der Waals surface area contributed by atoms with Gasteiger partial charge in [-0.05, 0) is 47.5 Å². The van der Waals surface area contributed by atoms with Crippen molar-refractivity contribution in [3.63, 3.8) is 0 Å². The lowest BCUT2D eigenvalue weighted by Crippen LogP contribution is -2.29. The van der Waals surface area contributed by atoms with E-state index in [9.17, 15) is 14.7 Å². The van der Waals surface area contributed by atoms with E-state index in [0.717, 1.165) is 5.56 Å². The highest BCUT2D eigenvalue weighted by atomic mass is 16.5. The summed E-state index contributed by atoms with van der Waals surface area (Å²) in [4.78, 5) is 31.8. The molecule has 1 atom stereocenters. The number of rotatable bonds is 7. The number of likely N-dealkylation sites (tertiary alicyclic amines) is 1. The first-order valence-corrected chi connectivity index (χ1v) is 10.5. The van der Waals surface area contributed by atoms with Crippen LogP contribution in [0.1, 0.15) is 22.7 Å². The van der Waals surface area contributed by atoms with Gasteiger partial charge in [-0.2, -0.15) is 0 Å². The molecule has 174 valence electrons. The van der Waals surface area contributed by atoms with Gasteiger partial charge in [0.15, 0.2) is 11.5 Å². The Hall–Kier alpha value is -4.33. The van der Waals surface area contributed by atoms with E-state index >= 15 is 0 Å². The quantitative estimate of drug-likeness (QED) is 0.326. The number of carbonyl (C=O) groups excluding carboxylic acids is 2. The maximum absolute atomic E-state index is 13.2. The van der Waals surface area contributed by atoms with Gasteiger partial charge in [-0.25, -0.2) is 0 Å². The fourth-order valence-electron chi connectivity index (χ4n) is 4.02. The molecule has 0 radical (unpaired) electrons. The first-order valence-electron chi connectivity index (χ1n) is 10.5. The molecule has 0 saturated carbocycles. The molecule has 34 heavy (non-hydrogen) atoms. The second-order valence-corrected chi connectivity index (χ2v) is 7.63. The minimum absolute atomic E-state index is 0.0143. The maximum Gasteiger partial charge on any atom is 0.295 e. The van der Waals surface area contributed by atoms with Crippen LogP contribution in [0.25, 0.3) is 5.76 Å². The number of ketones is 1. The van der Waals surface area contributed by atoms with Crippen molar-refractivity contribution in [3.05, 3.63) is 89.3 Å². The van der Waals surface area contributed by atoms with Crippen molar-refractivity contribution in [1.82, 2.24) is 9.88 Å². The molecule has 8 heteroatoms. The van der Waals surface area contributed by atoms with E-state index in [0.29, 0.717) is 28.4 Å². The fraction of sp³-hybridized carbons (Fsp3) is 0.192. The van der Waals surface area contributed by atoms with Crippen molar-refractivity contribution >= 4 is 17.4 Å². The first kappa shape index (κ1) is 22.8. The number of ether oxygens (including phenoxy) is 3. The summed E-state index contributed by atoms with van der Waals surface area (Å²) in [6.45, 7) is 0.154. The largest absolute Gasteiger partial charge is 0.507 e. The number of hydrogen-bond acceptors (Lipinski definition) is 7. The van der Waals surface area contributed by atoms with E-state index in [2.05, 4.69) is 4.98 Å². The number of pyridine rings is 1. The minimum Gasteiger partial charge on any atom is -0.507 e. The molecule has 0 bridgehead atoms.